The third-order valence-electron chi connectivity index (χ3n) is 2.61. The SMILES string of the molecule is CCNC(=O)CN(CC)C(=O)N(CC)CCC(=O)O. The van der Waals surface area contributed by atoms with Gasteiger partial charge in [-0.05, 0) is 20.8 Å². The summed E-state index contributed by atoms with van der Waals surface area (Å²) < 4.78 is 0. The summed E-state index contributed by atoms with van der Waals surface area (Å²) >= 11 is 0. The van der Waals surface area contributed by atoms with Crippen molar-refractivity contribution in [2.45, 2.75) is 27.2 Å². The molecular weight excluding hydrogens is 250 g/mol. The summed E-state index contributed by atoms with van der Waals surface area (Å²) in [5, 5.41) is 11.3. The zero-order valence-corrected chi connectivity index (χ0v) is 11.8. The van der Waals surface area contributed by atoms with Gasteiger partial charge in [-0.15, -0.1) is 0 Å². The normalized spacial score (nSPS) is 9.84. The van der Waals surface area contributed by atoms with E-state index in [0.29, 0.717) is 19.6 Å². The first-order chi connectivity index (χ1) is 8.96. The Kier molecular flexibility index (Phi) is 8.32. The molecule has 0 aliphatic heterocycles. The molecule has 0 aromatic carbocycles. The lowest BCUT2D eigenvalue weighted by Crippen LogP contribution is -2.47. The highest BCUT2D eigenvalue weighted by atomic mass is 16.4. The number of nitrogens with zero attached hydrogens (tertiary/aromatic N) is 2. The molecule has 0 aliphatic rings. The van der Waals surface area contributed by atoms with E-state index >= 15 is 0 Å². The number of aliphatic carboxylic acids is 1. The van der Waals surface area contributed by atoms with E-state index in [2.05, 4.69) is 5.32 Å². The largest absolute Gasteiger partial charge is 0.481 e. The van der Waals surface area contributed by atoms with Crippen molar-refractivity contribution in [2.75, 3.05) is 32.7 Å². The second kappa shape index (κ2) is 9.18. The second-order valence-corrected chi connectivity index (χ2v) is 3.97. The minimum atomic E-state index is -0.946. The Morgan fingerprint density at radius 2 is 1.63 bits per heavy atom. The van der Waals surface area contributed by atoms with Crippen molar-refractivity contribution in [1.29, 1.82) is 0 Å². The Hall–Kier alpha value is -1.79. The Balaban J connectivity index is 4.51. The lowest BCUT2D eigenvalue weighted by Gasteiger charge is -2.28. The van der Waals surface area contributed by atoms with Crippen molar-refractivity contribution in [3.05, 3.63) is 0 Å². The topological polar surface area (TPSA) is 90.0 Å². The van der Waals surface area contributed by atoms with Crippen molar-refractivity contribution >= 4 is 17.9 Å². The average molecular weight is 273 g/mol. The predicted octanol–water partition coefficient (Wildman–Crippen LogP) is 0.361. The molecule has 0 bridgehead atoms. The van der Waals surface area contributed by atoms with E-state index in [1.165, 1.54) is 9.80 Å². The quantitative estimate of drug-likeness (QED) is 0.668. The van der Waals surface area contributed by atoms with Crippen molar-refractivity contribution in [3.8, 4) is 0 Å². The van der Waals surface area contributed by atoms with Gasteiger partial charge in [-0.2, -0.15) is 0 Å². The fourth-order valence-corrected chi connectivity index (χ4v) is 1.56. The molecule has 0 radical (unpaired) electrons. The molecule has 110 valence electrons. The van der Waals surface area contributed by atoms with Crippen LogP contribution in [0.5, 0.6) is 0 Å². The van der Waals surface area contributed by atoms with Crippen LogP contribution in [0.2, 0.25) is 0 Å². The van der Waals surface area contributed by atoms with Gasteiger partial charge in [-0.1, -0.05) is 0 Å². The first kappa shape index (κ1) is 17.2. The van der Waals surface area contributed by atoms with Gasteiger partial charge >= 0.3 is 12.0 Å². The molecule has 0 heterocycles. The third kappa shape index (κ3) is 6.64. The Labute approximate surface area is 113 Å². The first-order valence-corrected chi connectivity index (χ1v) is 6.48. The molecule has 0 aromatic heterocycles. The van der Waals surface area contributed by atoms with Crippen molar-refractivity contribution in [2.24, 2.45) is 0 Å². The summed E-state index contributed by atoms with van der Waals surface area (Å²) in [5.41, 5.74) is 0. The maximum atomic E-state index is 12.1. The molecule has 0 spiro atoms. The molecule has 3 amide bonds. The van der Waals surface area contributed by atoms with Crippen LogP contribution >= 0.6 is 0 Å². The van der Waals surface area contributed by atoms with Gasteiger partial charge in [0.25, 0.3) is 0 Å². The number of nitrogens with one attached hydrogen (secondary N) is 1. The lowest BCUT2D eigenvalue weighted by atomic mass is 10.3. The number of carboxylic acids is 1. The minimum absolute atomic E-state index is 0.00720. The fraction of sp³-hybridized carbons (Fsp3) is 0.750. The van der Waals surface area contributed by atoms with E-state index < -0.39 is 5.97 Å². The molecule has 0 rings (SSSR count). The highest BCUT2D eigenvalue weighted by molar-refractivity contribution is 5.84. The zero-order valence-electron chi connectivity index (χ0n) is 11.8. The van der Waals surface area contributed by atoms with Crippen LogP contribution in [-0.4, -0.2) is 65.5 Å². The standard InChI is InChI=1S/C12H23N3O4/c1-4-13-10(16)9-15(6-3)12(19)14(5-2)8-7-11(17)18/h4-9H2,1-3H3,(H,13,16)(H,17,18). The van der Waals surface area contributed by atoms with E-state index in [0.717, 1.165) is 0 Å². The number of carbonyl (C=O) groups excluding carboxylic acids is 2. The Bertz CT molecular complexity index is 320. The van der Waals surface area contributed by atoms with Crippen LogP contribution in [0.15, 0.2) is 0 Å². The summed E-state index contributed by atoms with van der Waals surface area (Å²) in [4.78, 5) is 37.0. The molecule has 0 saturated heterocycles. The van der Waals surface area contributed by atoms with Gasteiger partial charge < -0.3 is 20.2 Å². The maximum absolute atomic E-state index is 12.1. The number of urea groups is 1. The van der Waals surface area contributed by atoms with Crippen LogP contribution in [0, 0.1) is 0 Å². The van der Waals surface area contributed by atoms with Gasteiger partial charge in [0.05, 0.1) is 6.42 Å². The second-order valence-electron chi connectivity index (χ2n) is 3.97. The number of likely N-dealkylation sites (N-methyl/N-ethyl adjacent to an activating group) is 2. The van der Waals surface area contributed by atoms with Gasteiger partial charge in [-0.25, -0.2) is 4.79 Å². The van der Waals surface area contributed by atoms with Gasteiger partial charge in [0.2, 0.25) is 5.91 Å². The van der Waals surface area contributed by atoms with E-state index in [1.807, 2.05) is 0 Å². The molecule has 7 nitrogen and oxygen atoms in total. The summed E-state index contributed by atoms with van der Waals surface area (Å²) in [7, 11) is 0. The number of amides is 3. The van der Waals surface area contributed by atoms with Crippen LogP contribution < -0.4 is 5.32 Å². The number of hydrogen-bond acceptors (Lipinski definition) is 3. The van der Waals surface area contributed by atoms with Gasteiger partial charge in [0.15, 0.2) is 0 Å². The molecule has 0 fully saturated rings. The van der Waals surface area contributed by atoms with Crippen LogP contribution in [0.25, 0.3) is 0 Å². The van der Waals surface area contributed by atoms with Crippen molar-refractivity contribution in [3.63, 3.8) is 0 Å². The molecular formula is C12H23N3O4. The molecule has 0 saturated carbocycles. The number of rotatable bonds is 8. The van der Waals surface area contributed by atoms with Gasteiger partial charge in [0, 0.05) is 26.2 Å². The summed E-state index contributed by atoms with van der Waals surface area (Å²) in [6, 6.07) is -0.308. The number of carbonyl (C=O) groups is 3. The van der Waals surface area contributed by atoms with E-state index in [4.69, 9.17) is 5.11 Å². The molecule has 0 unspecified atom stereocenters. The van der Waals surface area contributed by atoms with Crippen LogP contribution in [0.4, 0.5) is 4.79 Å². The first-order valence-electron chi connectivity index (χ1n) is 6.48. The van der Waals surface area contributed by atoms with Gasteiger partial charge in [-0.3, -0.25) is 9.59 Å². The fourth-order valence-electron chi connectivity index (χ4n) is 1.56. The third-order valence-corrected chi connectivity index (χ3v) is 2.61. The summed E-state index contributed by atoms with van der Waals surface area (Å²) in [5.74, 6) is -1.16. The summed E-state index contributed by atoms with van der Waals surface area (Å²) in [6.07, 6.45) is -0.0989. The number of hydrogen-bond donors (Lipinski definition) is 2. The van der Waals surface area contributed by atoms with Crippen molar-refractivity contribution in [1.82, 2.24) is 15.1 Å². The van der Waals surface area contributed by atoms with E-state index in [-0.39, 0.29) is 31.4 Å². The molecule has 0 aromatic rings. The molecule has 19 heavy (non-hydrogen) atoms. The molecule has 7 heteroatoms. The highest BCUT2D eigenvalue weighted by Gasteiger charge is 2.20. The van der Waals surface area contributed by atoms with E-state index in [9.17, 15) is 14.4 Å². The van der Waals surface area contributed by atoms with E-state index in [1.54, 1.807) is 20.8 Å². The summed E-state index contributed by atoms with van der Waals surface area (Å²) in [6.45, 7) is 6.84. The van der Waals surface area contributed by atoms with Crippen LogP contribution in [0.3, 0.4) is 0 Å². The highest BCUT2D eigenvalue weighted by Crippen LogP contribution is 2.01. The number of carboxylic acid groups (broad SMARTS) is 1. The monoisotopic (exact) mass is 273 g/mol. The Morgan fingerprint density at radius 1 is 1.05 bits per heavy atom. The molecule has 0 aliphatic carbocycles. The van der Waals surface area contributed by atoms with Crippen molar-refractivity contribution < 1.29 is 19.5 Å². The van der Waals surface area contributed by atoms with Gasteiger partial charge in [0.1, 0.15) is 6.54 Å². The minimum Gasteiger partial charge on any atom is -0.481 e. The predicted molar refractivity (Wildman–Crippen MR) is 70.8 cm³/mol. The average Bonchev–Trinajstić information content (AvgIpc) is 2.36. The molecule has 0 atom stereocenters. The lowest BCUT2D eigenvalue weighted by molar-refractivity contribution is -0.137. The molecule has 2 N–H and O–H groups in total. The maximum Gasteiger partial charge on any atom is 0.320 e. The zero-order chi connectivity index (χ0) is 14.8. The smallest absolute Gasteiger partial charge is 0.320 e. The Morgan fingerprint density at radius 3 is 2.05 bits per heavy atom. The van der Waals surface area contributed by atoms with Crippen LogP contribution in [-0.2, 0) is 9.59 Å². The van der Waals surface area contributed by atoms with Crippen LogP contribution in [0.1, 0.15) is 27.2 Å².